The standard InChI is InChI=1S/C18H21NO4/c1-3-19-18(21)13(2)22-17(20)12-10-15-9-11-16(23-15)14-7-5-4-6-8-14/h4-9,11,13H,3,10,12H2,1-2H3,(H,19,21)/t13-/m0/s1. The van der Waals surface area contributed by atoms with Crippen LogP contribution in [0.3, 0.4) is 0 Å². The van der Waals surface area contributed by atoms with Gasteiger partial charge in [0.25, 0.3) is 5.91 Å². The van der Waals surface area contributed by atoms with Crippen molar-refractivity contribution in [2.24, 2.45) is 0 Å². The molecule has 1 amide bonds. The monoisotopic (exact) mass is 315 g/mol. The molecule has 0 aliphatic heterocycles. The molecule has 1 N–H and O–H groups in total. The zero-order valence-corrected chi connectivity index (χ0v) is 13.4. The van der Waals surface area contributed by atoms with E-state index >= 15 is 0 Å². The van der Waals surface area contributed by atoms with Crippen LogP contribution >= 0.6 is 0 Å². The Kier molecular flexibility index (Phi) is 5.97. The lowest BCUT2D eigenvalue weighted by atomic mass is 10.2. The van der Waals surface area contributed by atoms with Crippen molar-refractivity contribution in [2.45, 2.75) is 32.8 Å². The molecule has 23 heavy (non-hydrogen) atoms. The second-order valence-electron chi connectivity index (χ2n) is 5.16. The lowest BCUT2D eigenvalue weighted by Crippen LogP contribution is -2.35. The molecule has 5 heteroatoms. The third-order valence-electron chi connectivity index (χ3n) is 3.32. The SMILES string of the molecule is CCNC(=O)[C@H](C)OC(=O)CCc1ccc(-c2ccccc2)o1. The van der Waals surface area contributed by atoms with Crippen LogP contribution < -0.4 is 5.32 Å². The third kappa shape index (κ3) is 4.98. The number of hydrogen-bond donors (Lipinski definition) is 1. The maximum absolute atomic E-state index is 11.8. The van der Waals surface area contributed by atoms with Crippen molar-refractivity contribution in [3.05, 3.63) is 48.2 Å². The quantitative estimate of drug-likeness (QED) is 0.798. The van der Waals surface area contributed by atoms with Gasteiger partial charge in [-0.2, -0.15) is 0 Å². The number of rotatable bonds is 7. The van der Waals surface area contributed by atoms with E-state index in [9.17, 15) is 9.59 Å². The number of hydrogen-bond acceptors (Lipinski definition) is 4. The van der Waals surface area contributed by atoms with E-state index in [1.165, 1.54) is 0 Å². The first-order valence-electron chi connectivity index (χ1n) is 7.71. The first kappa shape index (κ1) is 16.8. The molecule has 0 aliphatic rings. The van der Waals surface area contributed by atoms with Crippen LogP contribution in [0.25, 0.3) is 11.3 Å². The molecule has 0 bridgehead atoms. The van der Waals surface area contributed by atoms with Gasteiger partial charge in [0, 0.05) is 18.5 Å². The normalized spacial score (nSPS) is 11.7. The summed E-state index contributed by atoms with van der Waals surface area (Å²) in [4.78, 5) is 23.3. The molecule has 0 aliphatic carbocycles. The number of furan rings is 1. The van der Waals surface area contributed by atoms with Crippen molar-refractivity contribution in [1.29, 1.82) is 0 Å². The predicted molar refractivity (Wildman–Crippen MR) is 86.7 cm³/mol. The Balaban J connectivity index is 1.83. The highest BCUT2D eigenvalue weighted by atomic mass is 16.5. The molecule has 0 radical (unpaired) electrons. The van der Waals surface area contributed by atoms with Crippen LogP contribution in [0.4, 0.5) is 0 Å². The second kappa shape index (κ2) is 8.17. The van der Waals surface area contributed by atoms with E-state index in [1.807, 2.05) is 49.4 Å². The number of nitrogens with one attached hydrogen (secondary N) is 1. The van der Waals surface area contributed by atoms with Crippen LogP contribution in [0.2, 0.25) is 0 Å². The molecule has 0 fully saturated rings. The highest BCUT2D eigenvalue weighted by Crippen LogP contribution is 2.22. The average molecular weight is 315 g/mol. The zero-order valence-electron chi connectivity index (χ0n) is 13.4. The van der Waals surface area contributed by atoms with Crippen LogP contribution in [0.1, 0.15) is 26.0 Å². The topological polar surface area (TPSA) is 68.5 Å². The Hall–Kier alpha value is -2.56. The number of benzene rings is 1. The molecule has 0 spiro atoms. The summed E-state index contributed by atoms with van der Waals surface area (Å²) in [5, 5.41) is 2.61. The van der Waals surface area contributed by atoms with Gasteiger partial charge >= 0.3 is 5.97 Å². The third-order valence-corrected chi connectivity index (χ3v) is 3.32. The number of carbonyl (C=O) groups excluding carboxylic acids is 2. The van der Waals surface area contributed by atoms with Crippen molar-refractivity contribution < 1.29 is 18.7 Å². The van der Waals surface area contributed by atoms with Crippen LogP contribution in [-0.2, 0) is 20.7 Å². The first-order chi connectivity index (χ1) is 11.1. The Labute approximate surface area is 135 Å². The van der Waals surface area contributed by atoms with Crippen molar-refractivity contribution >= 4 is 11.9 Å². The summed E-state index contributed by atoms with van der Waals surface area (Å²) in [6.07, 6.45) is -0.168. The summed E-state index contributed by atoms with van der Waals surface area (Å²) in [5.41, 5.74) is 0.992. The minimum Gasteiger partial charge on any atom is -0.461 e. The minimum absolute atomic E-state index is 0.172. The Morgan fingerprint density at radius 2 is 1.91 bits per heavy atom. The van der Waals surface area contributed by atoms with Crippen molar-refractivity contribution in [2.75, 3.05) is 6.54 Å². The number of ether oxygens (including phenoxy) is 1. The van der Waals surface area contributed by atoms with Gasteiger partial charge in [0.1, 0.15) is 11.5 Å². The summed E-state index contributed by atoms with van der Waals surface area (Å²) in [6, 6.07) is 13.5. The molecule has 0 saturated carbocycles. The van der Waals surface area contributed by atoms with E-state index in [0.717, 1.165) is 11.3 Å². The Morgan fingerprint density at radius 3 is 2.61 bits per heavy atom. The van der Waals surface area contributed by atoms with Crippen molar-refractivity contribution in [3.8, 4) is 11.3 Å². The summed E-state index contributed by atoms with van der Waals surface area (Å²) < 4.78 is 10.8. The van der Waals surface area contributed by atoms with E-state index in [2.05, 4.69) is 5.32 Å². The van der Waals surface area contributed by atoms with Gasteiger partial charge in [0.05, 0.1) is 6.42 Å². The van der Waals surface area contributed by atoms with Gasteiger partial charge < -0.3 is 14.5 Å². The number of esters is 1. The van der Waals surface area contributed by atoms with Crippen molar-refractivity contribution in [1.82, 2.24) is 5.32 Å². The highest BCUT2D eigenvalue weighted by Gasteiger charge is 2.17. The summed E-state index contributed by atoms with van der Waals surface area (Å²) in [7, 11) is 0. The Morgan fingerprint density at radius 1 is 1.17 bits per heavy atom. The van der Waals surface area contributed by atoms with Gasteiger partial charge in [0.15, 0.2) is 6.10 Å². The lowest BCUT2D eigenvalue weighted by molar-refractivity contribution is -0.154. The van der Waals surface area contributed by atoms with Gasteiger partial charge in [-0.15, -0.1) is 0 Å². The van der Waals surface area contributed by atoms with E-state index < -0.39 is 12.1 Å². The fourth-order valence-electron chi connectivity index (χ4n) is 2.12. The zero-order chi connectivity index (χ0) is 16.7. The van der Waals surface area contributed by atoms with E-state index in [1.54, 1.807) is 6.92 Å². The molecule has 122 valence electrons. The number of likely N-dealkylation sites (N-methyl/N-ethyl adjacent to an activating group) is 1. The molecule has 1 aromatic carbocycles. The summed E-state index contributed by atoms with van der Waals surface area (Å²) in [5.74, 6) is 0.780. The van der Waals surface area contributed by atoms with E-state index in [4.69, 9.17) is 9.15 Å². The first-order valence-corrected chi connectivity index (χ1v) is 7.71. The number of aryl methyl sites for hydroxylation is 1. The molecule has 1 atom stereocenters. The van der Waals surface area contributed by atoms with Crippen LogP contribution in [0.5, 0.6) is 0 Å². The second-order valence-corrected chi connectivity index (χ2v) is 5.16. The molecule has 5 nitrogen and oxygen atoms in total. The maximum atomic E-state index is 11.8. The number of amides is 1. The van der Waals surface area contributed by atoms with E-state index in [-0.39, 0.29) is 12.3 Å². The van der Waals surface area contributed by atoms with Gasteiger partial charge in [-0.1, -0.05) is 30.3 Å². The van der Waals surface area contributed by atoms with Gasteiger partial charge in [-0.25, -0.2) is 0 Å². The van der Waals surface area contributed by atoms with Gasteiger partial charge in [-0.3, -0.25) is 9.59 Å². The van der Waals surface area contributed by atoms with Crippen LogP contribution in [0, 0.1) is 0 Å². The maximum Gasteiger partial charge on any atom is 0.307 e. The lowest BCUT2D eigenvalue weighted by Gasteiger charge is -2.12. The summed E-state index contributed by atoms with van der Waals surface area (Å²) >= 11 is 0. The minimum atomic E-state index is -0.779. The molecule has 2 aromatic rings. The fourth-order valence-corrected chi connectivity index (χ4v) is 2.12. The average Bonchev–Trinajstić information content (AvgIpc) is 3.03. The fraction of sp³-hybridized carbons (Fsp3) is 0.333. The largest absolute Gasteiger partial charge is 0.461 e. The van der Waals surface area contributed by atoms with Gasteiger partial charge in [-0.05, 0) is 26.0 Å². The van der Waals surface area contributed by atoms with Crippen molar-refractivity contribution in [3.63, 3.8) is 0 Å². The summed E-state index contributed by atoms with van der Waals surface area (Å²) in [6.45, 7) is 3.88. The van der Waals surface area contributed by atoms with E-state index in [0.29, 0.717) is 18.7 Å². The molecule has 0 saturated heterocycles. The highest BCUT2D eigenvalue weighted by molar-refractivity contribution is 5.83. The number of carbonyl (C=O) groups is 2. The predicted octanol–water partition coefficient (Wildman–Crippen LogP) is 2.95. The molecule has 1 aromatic heterocycles. The smallest absolute Gasteiger partial charge is 0.307 e. The molecule has 1 heterocycles. The van der Waals surface area contributed by atoms with Gasteiger partial charge in [0.2, 0.25) is 0 Å². The molecule has 2 rings (SSSR count). The van der Waals surface area contributed by atoms with Crippen LogP contribution in [0.15, 0.2) is 46.9 Å². The molecule has 0 unspecified atom stereocenters. The molecular formula is C18H21NO4. The molecular weight excluding hydrogens is 294 g/mol. The Bertz CT molecular complexity index is 648. The van der Waals surface area contributed by atoms with Crippen LogP contribution in [-0.4, -0.2) is 24.5 Å².